The van der Waals surface area contributed by atoms with Crippen molar-refractivity contribution in [3.8, 4) is 0 Å². The molecule has 0 saturated carbocycles. The minimum absolute atomic E-state index is 0.0473. The third kappa shape index (κ3) is 4.39. The molecule has 2 aromatic heterocycles. The van der Waals surface area contributed by atoms with Crippen molar-refractivity contribution in [3.05, 3.63) is 41.6 Å². The highest BCUT2D eigenvalue weighted by atomic mass is 35.5. The van der Waals surface area contributed by atoms with Crippen LogP contribution in [0.5, 0.6) is 0 Å². The molecule has 0 bridgehead atoms. The minimum atomic E-state index is -0.464. The Balaban J connectivity index is 1.34. The van der Waals surface area contributed by atoms with Gasteiger partial charge in [-0.25, -0.2) is 24.3 Å². The number of aromatic nitrogens is 4. The van der Waals surface area contributed by atoms with Crippen molar-refractivity contribution >= 4 is 40.1 Å². The number of rotatable bonds is 4. The number of hydrogen-bond acceptors (Lipinski definition) is 8. The topological polar surface area (TPSA) is 82.1 Å². The van der Waals surface area contributed by atoms with Crippen molar-refractivity contribution in [1.29, 1.82) is 0 Å². The summed E-state index contributed by atoms with van der Waals surface area (Å²) in [4.78, 5) is 22.8. The Hall–Kier alpha value is -2.62. The number of fused-ring (bicyclic) bond motifs is 1. The van der Waals surface area contributed by atoms with Crippen LogP contribution in [-0.4, -0.2) is 70.1 Å². The van der Waals surface area contributed by atoms with Crippen molar-refractivity contribution in [2.24, 2.45) is 0 Å². The number of halogens is 2. The SMILES string of the molecule is Fc1ccc(Nc2ncnc3cnc(N4CCC(N5CCNCC5)CC4)nc23)cc1Cl. The summed E-state index contributed by atoms with van der Waals surface area (Å²) in [5.41, 5.74) is 1.89. The quantitative estimate of drug-likeness (QED) is 0.638. The largest absolute Gasteiger partial charge is 0.341 e. The fraction of sp³-hybridized carbons (Fsp3) is 0.429. The van der Waals surface area contributed by atoms with Gasteiger partial charge in [-0.3, -0.25) is 4.90 Å². The van der Waals surface area contributed by atoms with Crippen molar-refractivity contribution in [1.82, 2.24) is 30.2 Å². The van der Waals surface area contributed by atoms with Crippen LogP contribution >= 0.6 is 11.6 Å². The summed E-state index contributed by atoms with van der Waals surface area (Å²) in [6, 6.07) is 5.07. The normalized spacial score (nSPS) is 18.5. The molecule has 0 unspecified atom stereocenters. The van der Waals surface area contributed by atoms with E-state index >= 15 is 0 Å². The molecule has 2 saturated heterocycles. The molecular weight excluding hydrogens is 419 g/mol. The summed E-state index contributed by atoms with van der Waals surface area (Å²) in [5, 5.41) is 6.64. The average molecular weight is 443 g/mol. The van der Waals surface area contributed by atoms with Crippen molar-refractivity contribution in [2.45, 2.75) is 18.9 Å². The summed E-state index contributed by atoms with van der Waals surface area (Å²) in [6.07, 6.45) is 5.39. The monoisotopic (exact) mass is 442 g/mol. The predicted octanol–water partition coefficient (Wildman–Crippen LogP) is 2.83. The molecule has 5 rings (SSSR count). The Kier molecular flexibility index (Phi) is 5.80. The molecule has 0 spiro atoms. The maximum atomic E-state index is 13.5. The minimum Gasteiger partial charge on any atom is -0.341 e. The van der Waals surface area contributed by atoms with E-state index in [4.69, 9.17) is 16.6 Å². The molecule has 10 heteroatoms. The zero-order chi connectivity index (χ0) is 21.2. The van der Waals surface area contributed by atoms with Crippen LogP contribution in [-0.2, 0) is 0 Å². The molecule has 2 N–H and O–H groups in total. The van der Waals surface area contributed by atoms with Gasteiger partial charge >= 0.3 is 0 Å². The van der Waals surface area contributed by atoms with Crippen molar-refractivity contribution < 1.29 is 4.39 Å². The fourth-order valence-corrected chi connectivity index (χ4v) is 4.46. The number of anilines is 3. The van der Waals surface area contributed by atoms with E-state index in [1.54, 1.807) is 12.3 Å². The van der Waals surface area contributed by atoms with Gasteiger partial charge in [0.15, 0.2) is 5.82 Å². The Morgan fingerprint density at radius 2 is 1.87 bits per heavy atom. The summed E-state index contributed by atoms with van der Waals surface area (Å²) in [6.45, 7) is 6.23. The Morgan fingerprint density at radius 1 is 1.06 bits per heavy atom. The molecule has 0 aliphatic carbocycles. The van der Waals surface area contributed by atoms with Crippen LogP contribution in [0.1, 0.15) is 12.8 Å². The van der Waals surface area contributed by atoms with Crippen LogP contribution < -0.4 is 15.5 Å². The van der Waals surface area contributed by atoms with E-state index in [-0.39, 0.29) is 5.02 Å². The van der Waals surface area contributed by atoms with Gasteiger partial charge in [-0.05, 0) is 31.0 Å². The molecule has 31 heavy (non-hydrogen) atoms. The van der Waals surface area contributed by atoms with Crippen LogP contribution in [0.2, 0.25) is 5.02 Å². The van der Waals surface area contributed by atoms with Crippen LogP contribution in [0.3, 0.4) is 0 Å². The zero-order valence-corrected chi connectivity index (χ0v) is 17.8. The van der Waals surface area contributed by atoms with Gasteiger partial charge in [-0.15, -0.1) is 0 Å². The van der Waals surface area contributed by atoms with E-state index < -0.39 is 5.82 Å². The number of nitrogens with one attached hydrogen (secondary N) is 2. The molecule has 2 aliphatic heterocycles. The van der Waals surface area contributed by atoms with Gasteiger partial charge < -0.3 is 15.5 Å². The van der Waals surface area contributed by atoms with E-state index in [1.807, 2.05) is 0 Å². The number of nitrogens with zero attached hydrogens (tertiary/aromatic N) is 6. The average Bonchev–Trinajstić information content (AvgIpc) is 2.82. The van der Waals surface area contributed by atoms with Gasteiger partial charge in [-0.1, -0.05) is 11.6 Å². The van der Waals surface area contributed by atoms with Crippen LogP contribution in [0.4, 0.5) is 21.8 Å². The number of benzene rings is 1. The zero-order valence-electron chi connectivity index (χ0n) is 17.1. The third-order valence-electron chi connectivity index (χ3n) is 5.96. The van der Waals surface area contributed by atoms with Gasteiger partial charge in [0.1, 0.15) is 23.2 Å². The van der Waals surface area contributed by atoms with Crippen molar-refractivity contribution in [2.75, 3.05) is 49.5 Å². The van der Waals surface area contributed by atoms with E-state index in [0.717, 1.165) is 52.1 Å². The maximum absolute atomic E-state index is 13.5. The molecule has 162 valence electrons. The van der Waals surface area contributed by atoms with Crippen LogP contribution in [0.15, 0.2) is 30.7 Å². The summed E-state index contributed by atoms with van der Waals surface area (Å²) in [7, 11) is 0. The van der Waals surface area contributed by atoms with Gasteiger partial charge in [0.2, 0.25) is 5.95 Å². The lowest BCUT2D eigenvalue weighted by molar-refractivity contribution is 0.150. The maximum Gasteiger partial charge on any atom is 0.226 e. The Labute approximate surface area is 184 Å². The lowest BCUT2D eigenvalue weighted by Gasteiger charge is -2.40. The van der Waals surface area contributed by atoms with Crippen molar-refractivity contribution in [3.63, 3.8) is 0 Å². The van der Waals surface area contributed by atoms with Crippen LogP contribution in [0, 0.1) is 5.82 Å². The molecule has 0 atom stereocenters. The predicted molar refractivity (Wildman–Crippen MR) is 119 cm³/mol. The summed E-state index contributed by atoms with van der Waals surface area (Å²) in [5.74, 6) is 0.752. The smallest absolute Gasteiger partial charge is 0.226 e. The molecule has 2 aliphatic rings. The standard InChI is InChI=1S/C21H24ClFN8/c22-16-11-14(1-2-17(16)23)28-20-19-18(26-13-27-20)12-25-21(29-19)31-7-3-15(4-8-31)30-9-5-24-6-10-30/h1-2,11-13,15,24H,3-10H2,(H,26,27,28). The summed E-state index contributed by atoms with van der Waals surface area (Å²) >= 11 is 5.91. The van der Waals surface area contributed by atoms with Gasteiger partial charge in [-0.2, -0.15) is 0 Å². The fourth-order valence-electron chi connectivity index (χ4n) is 4.28. The lowest BCUT2D eigenvalue weighted by Crippen LogP contribution is -2.52. The molecule has 0 amide bonds. The second-order valence-electron chi connectivity index (χ2n) is 7.88. The highest BCUT2D eigenvalue weighted by molar-refractivity contribution is 6.31. The second kappa shape index (κ2) is 8.86. The molecule has 0 radical (unpaired) electrons. The number of hydrogen-bond donors (Lipinski definition) is 2. The second-order valence-corrected chi connectivity index (χ2v) is 8.29. The van der Waals surface area contributed by atoms with E-state index in [0.29, 0.717) is 34.5 Å². The molecular formula is C21H24ClFN8. The van der Waals surface area contributed by atoms with E-state index in [9.17, 15) is 4.39 Å². The number of piperidine rings is 1. The van der Waals surface area contributed by atoms with Gasteiger partial charge in [0, 0.05) is 51.0 Å². The summed E-state index contributed by atoms with van der Waals surface area (Å²) < 4.78 is 13.5. The Bertz CT molecular complexity index is 1070. The highest BCUT2D eigenvalue weighted by Crippen LogP contribution is 2.27. The van der Waals surface area contributed by atoms with Crippen LogP contribution in [0.25, 0.3) is 11.0 Å². The van der Waals surface area contributed by atoms with Gasteiger partial charge in [0.25, 0.3) is 0 Å². The molecule has 1 aromatic carbocycles. The first-order valence-corrected chi connectivity index (χ1v) is 10.9. The molecule has 4 heterocycles. The van der Waals surface area contributed by atoms with Gasteiger partial charge in [0.05, 0.1) is 11.2 Å². The molecule has 8 nitrogen and oxygen atoms in total. The first-order chi connectivity index (χ1) is 15.2. The van der Waals surface area contributed by atoms with E-state index in [2.05, 4.69) is 35.4 Å². The lowest BCUT2D eigenvalue weighted by atomic mass is 10.0. The highest BCUT2D eigenvalue weighted by Gasteiger charge is 2.26. The van der Waals surface area contributed by atoms with E-state index in [1.165, 1.54) is 18.5 Å². The molecule has 3 aromatic rings. The first kappa shape index (κ1) is 20.3. The molecule has 2 fully saturated rings. The number of piperazine rings is 1. The third-order valence-corrected chi connectivity index (χ3v) is 6.25. The first-order valence-electron chi connectivity index (χ1n) is 10.6. The Morgan fingerprint density at radius 3 is 2.65 bits per heavy atom.